The lowest BCUT2D eigenvalue weighted by Crippen LogP contribution is -2.37. The maximum absolute atomic E-state index is 13.3. The van der Waals surface area contributed by atoms with E-state index in [4.69, 9.17) is 0 Å². The summed E-state index contributed by atoms with van der Waals surface area (Å²) in [6.45, 7) is -0.118. The summed E-state index contributed by atoms with van der Waals surface area (Å²) in [4.78, 5) is 39.8. The van der Waals surface area contributed by atoms with Gasteiger partial charge in [0.2, 0.25) is 5.91 Å². The predicted molar refractivity (Wildman–Crippen MR) is 130 cm³/mol. The van der Waals surface area contributed by atoms with Crippen LogP contribution in [0.3, 0.4) is 0 Å². The molecule has 164 valence electrons. The van der Waals surface area contributed by atoms with Gasteiger partial charge in [0.25, 0.3) is 5.91 Å². The van der Waals surface area contributed by atoms with Gasteiger partial charge in [0.05, 0.1) is 6.54 Å². The summed E-state index contributed by atoms with van der Waals surface area (Å²) in [5.74, 6) is -1.18. The summed E-state index contributed by atoms with van der Waals surface area (Å²) in [5.41, 5.74) is 2.22. The minimum absolute atomic E-state index is 0.0428. The molecule has 0 saturated carbocycles. The third-order valence-corrected chi connectivity index (χ3v) is 5.65. The molecule has 0 aliphatic rings. The molecule has 32 heavy (non-hydrogen) atoms. The molecule has 0 aliphatic carbocycles. The van der Waals surface area contributed by atoms with Gasteiger partial charge in [-0.3, -0.25) is 14.4 Å². The van der Waals surface area contributed by atoms with E-state index in [9.17, 15) is 14.4 Å². The van der Waals surface area contributed by atoms with Gasteiger partial charge in [0.15, 0.2) is 5.78 Å². The Kier molecular flexibility index (Phi) is 8.34. The molecule has 0 fully saturated rings. The Labute approximate surface area is 196 Å². The van der Waals surface area contributed by atoms with E-state index in [0.717, 1.165) is 15.7 Å². The van der Waals surface area contributed by atoms with E-state index in [1.165, 1.54) is 0 Å². The predicted octanol–water partition coefficient (Wildman–Crippen LogP) is 4.66. The van der Waals surface area contributed by atoms with Crippen molar-refractivity contribution < 1.29 is 14.4 Å². The Morgan fingerprint density at radius 3 is 2.22 bits per heavy atom. The third-order valence-electron chi connectivity index (χ3n) is 5.16. The Morgan fingerprint density at radius 1 is 0.906 bits per heavy atom. The topological polar surface area (TPSA) is 66.5 Å². The molecule has 0 aromatic heterocycles. The normalized spacial score (nSPS) is 11.4. The van der Waals surface area contributed by atoms with Crippen LogP contribution in [-0.4, -0.2) is 31.2 Å². The van der Waals surface area contributed by atoms with E-state index >= 15 is 0 Å². The SMILES string of the molecule is CN(C(=O)[C@@H](CC(=O)CNC(=O)c1ccccc1)Cc1ccccc1)c1cccc(Br)c1. The molecule has 3 rings (SSSR count). The van der Waals surface area contributed by atoms with E-state index in [2.05, 4.69) is 21.2 Å². The smallest absolute Gasteiger partial charge is 0.251 e. The molecule has 0 unspecified atom stereocenters. The molecule has 0 saturated heterocycles. The van der Waals surface area contributed by atoms with E-state index in [-0.39, 0.29) is 30.6 Å². The van der Waals surface area contributed by atoms with Crippen LogP contribution in [0, 0.1) is 5.92 Å². The van der Waals surface area contributed by atoms with Gasteiger partial charge in [-0.15, -0.1) is 0 Å². The van der Waals surface area contributed by atoms with Crippen molar-refractivity contribution in [2.24, 2.45) is 5.92 Å². The van der Waals surface area contributed by atoms with Gasteiger partial charge in [0, 0.05) is 35.1 Å². The number of anilines is 1. The van der Waals surface area contributed by atoms with Crippen LogP contribution in [0.15, 0.2) is 89.4 Å². The van der Waals surface area contributed by atoms with Crippen molar-refractivity contribution in [1.82, 2.24) is 5.32 Å². The van der Waals surface area contributed by atoms with Gasteiger partial charge in [0.1, 0.15) is 0 Å². The Hall–Kier alpha value is -3.25. The quantitative estimate of drug-likeness (QED) is 0.472. The van der Waals surface area contributed by atoms with Crippen LogP contribution in [0.4, 0.5) is 5.69 Å². The van der Waals surface area contributed by atoms with Gasteiger partial charge in [-0.1, -0.05) is 70.5 Å². The van der Waals surface area contributed by atoms with Crippen molar-refractivity contribution in [3.05, 3.63) is 101 Å². The Balaban J connectivity index is 1.70. The standard InChI is InChI=1S/C26H25BrN2O3/c1-29(23-14-8-13-22(27)17-23)26(32)21(15-19-9-4-2-5-10-19)16-24(30)18-28-25(31)20-11-6-3-7-12-20/h2-14,17,21H,15-16,18H2,1H3,(H,28,31)/t21-/m1/s1. The first-order valence-electron chi connectivity index (χ1n) is 10.4. The number of hydrogen-bond donors (Lipinski definition) is 1. The van der Waals surface area contributed by atoms with Crippen molar-refractivity contribution in [3.63, 3.8) is 0 Å². The number of hydrogen-bond acceptors (Lipinski definition) is 3. The van der Waals surface area contributed by atoms with Crippen molar-refractivity contribution in [2.75, 3.05) is 18.5 Å². The summed E-state index contributed by atoms with van der Waals surface area (Å²) in [6, 6.07) is 25.8. The molecular formula is C26H25BrN2O3. The molecule has 6 heteroatoms. The second-order valence-electron chi connectivity index (χ2n) is 7.56. The zero-order valence-corrected chi connectivity index (χ0v) is 19.4. The first-order valence-corrected chi connectivity index (χ1v) is 11.2. The molecule has 0 spiro atoms. The molecule has 0 aliphatic heterocycles. The lowest BCUT2D eigenvalue weighted by atomic mass is 9.92. The zero-order chi connectivity index (χ0) is 22.9. The first-order chi connectivity index (χ1) is 15.4. The van der Waals surface area contributed by atoms with Gasteiger partial charge < -0.3 is 10.2 Å². The second-order valence-corrected chi connectivity index (χ2v) is 8.47. The van der Waals surface area contributed by atoms with E-state index in [1.54, 1.807) is 36.2 Å². The van der Waals surface area contributed by atoms with Crippen molar-refractivity contribution in [3.8, 4) is 0 Å². The van der Waals surface area contributed by atoms with E-state index < -0.39 is 5.92 Å². The number of halogens is 1. The molecule has 1 atom stereocenters. The summed E-state index contributed by atoms with van der Waals surface area (Å²) in [5, 5.41) is 2.66. The number of carbonyl (C=O) groups is 3. The molecule has 3 aromatic carbocycles. The zero-order valence-electron chi connectivity index (χ0n) is 17.8. The number of ketones is 1. The Morgan fingerprint density at radius 2 is 1.56 bits per heavy atom. The molecule has 0 radical (unpaired) electrons. The number of nitrogens with one attached hydrogen (secondary N) is 1. The third kappa shape index (κ3) is 6.62. The first kappa shape index (κ1) is 23.4. The molecular weight excluding hydrogens is 468 g/mol. The lowest BCUT2D eigenvalue weighted by Gasteiger charge is -2.24. The summed E-state index contributed by atoms with van der Waals surface area (Å²) in [7, 11) is 1.71. The lowest BCUT2D eigenvalue weighted by molar-refractivity contribution is -0.127. The fraction of sp³-hybridized carbons (Fsp3) is 0.192. The van der Waals surface area contributed by atoms with Crippen molar-refractivity contribution in [2.45, 2.75) is 12.8 Å². The summed E-state index contributed by atoms with van der Waals surface area (Å²) >= 11 is 3.43. The summed E-state index contributed by atoms with van der Waals surface area (Å²) < 4.78 is 0.869. The summed E-state index contributed by atoms with van der Waals surface area (Å²) in [6.07, 6.45) is 0.484. The average Bonchev–Trinajstić information content (AvgIpc) is 2.82. The number of Topliss-reactive ketones (excluding diaryl/α,β-unsaturated/α-hetero) is 1. The highest BCUT2D eigenvalue weighted by atomic mass is 79.9. The highest BCUT2D eigenvalue weighted by molar-refractivity contribution is 9.10. The maximum atomic E-state index is 13.3. The molecule has 5 nitrogen and oxygen atoms in total. The van der Waals surface area contributed by atoms with Crippen LogP contribution in [0.2, 0.25) is 0 Å². The van der Waals surface area contributed by atoms with Crippen LogP contribution in [0.1, 0.15) is 22.3 Å². The largest absolute Gasteiger partial charge is 0.345 e. The Bertz CT molecular complexity index is 1070. The second kappa shape index (κ2) is 11.4. The number of benzene rings is 3. The highest BCUT2D eigenvalue weighted by Crippen LogP contribution is 2.23. The fourth-order valence-corrected chi connectivity index (χ4v) is 3.84. The monoisotopic (exact) mass is 492 g/mol. The number of rotatable bonds is 9. The van der Waals surface area contributed by atoms with Crippen LogP contribution in [0.5, 0.6) is 0 Å². The maximum Gasteiger partial charge on any atom is 0.251 e. The van der Waals surface area contributed by atoms with E-state index in [0.29, 0.717) is 12.0 Å². The highest BCUT2D eigenvalue weighted by Gasteiger charge is 2.26. The van der Waals surface area contributed by atoms with Gasteiger partial charge in [-0.2, -0.15) is 0 Å². The molecule has 0 bridgehead atoms. The van der Waals surface area contributed by atoms with Crippen LogP contribution in [0.25, 0.3) is 0 Å². The van der Waals surface area contributed by atoms with Crippen LogP contribution < -0.4 is 10.2 Å². The average molecular weight is 493 g/mol. The number of carbonyl (C=O) groups excluding carboxylic acids is 3. The molecule has 0 heterocycles. The molecule has 3 aromatic rings. The minimum Gasteiger partial charge on any atom is -0.345 e. The fourth-order valence-electron chi connectivity index (χ4n) is 3.45. The van der Waals surface area contributed by atoms with Crippen LogP contribution in [-0.2, 0) is 16.0 Å². The molecule has 1 N–H and O–H groups in total. The number of amides is 2. The van der Waals surface area contributed by atoms with Gasteiger partial charge in [-0.25, -0.2) is 0 Å². The molecule has 2 amide bonds. The van der Waals surface area contributed by atoms with Crippen molar-refractivity contribution >= 4 is 39.2 Å². The van der Waals surface area contributed by atoms with Gasteiger partial charge in [-0.05, 0) is 42.3 Å². The number of nitrogens with zero attached hydrogens (tertiary/aromatic N) is 1. The van der Waals surface area contributed by atoms with Gasteiger partial charge >= 0.3 is 0 Å². The van der Waals surface area contributed by atoms with Crippen molar-refractivity contribution in [1.29, 1.82) is 0 Å². The minimum atomic E-state index is -0.539. The van der Waals surface area contributed by atoms with Crippen LogP contribution >= 0.6 is 15.9 Å². The van der Waals surface area contributed by atoms with E-state index in [1.807, 2.05) is 60.7 Å².